The second kappa shape index (κ2) is 8.83. The van der Waals surface area contributed by atoms with Crippen LogP contribution in [0.2, 0.25) is 0 Å². The summed E-state index contributed by atoms with van der Waals surface area (Å²) in [4.78, 5) is 27.3. The molecule has 8 nitrogen and oxygen atoms in total. The molecule has 132 valence electrons. The number of carbonyl (C=O) groups excluding carboxylic acids is 1. The number of hydrazine groups is 1. The maximum absolute atomic E-state index is 11.6. The van der Waals surface area contributed by atoms with Gasteiger partial charge in [0.15, 0.2) is 0 Å². The molecule has 1 fully saturated rings. The minimum absolute atomic E-state index is 0.134. The van der Waals surface area contributed by atoms with Crippen molar-refractivity contribution in [2.75, 3.05) is 0 Å². The van der Waals surface area contributed by atoms with Gasteiger partial charge in [0, 0.05) is 18.9 Å². The van der Waals surface area contributed by atoms with Gasteiger partial charge in [-0.25, -0.2) is 5.84 Å². The quantitative estimate of drug-likeness (QED) is 0.182. The van der Waals surface area contributed by atoms with Crippen molar-refractivity contribution in [2.45, 2.75) is 58.2 Å². The number of nitrogens with one attached hydrogen (secondary N) is 2. The number of rotatable bonds is 8. The molecule has 0 aromatic rings. The maximum atomic E-state index is 11.6. The molecule has 8 heteroatoms. The molecule has 5 atom stereocenters. The Morgan fingerprint density at radius 3 is 2.43 bits per heavy atom. The van der Waals surface area contributed by atoms with Gasteiger partial charge in [0.2, 0.25) is 5.91 Å². The third-order valence-electron chi connectivity index (χ3n) is 4.75. The summed E-state index contributed by atoms with van der Waals surface area (Å²) in [5, 5.41) is 22.8. The number of aliphatic carboxylic acids is 1. The number of aliphatic hydroxyl groups excluding tert-OH is 1. The van der Waals surface area contributed by atoms with Crippen LogP contribution in [-0.2, 0) is 9.59 Å². The summed E-state index contributed by atoms with van der Waals surface area (Å²) < 4.78 is 0. The van der Waals surface area contributed by atoms with Crippen molar-refractivity contribution in [1.82, 2.24) is 10.7 Å². The number of nitrogens with zero attached hydrogens (tertiary/aromatic N) is 1. The normalized spacial score (nSPS) is 29.0. The molecule has 0 bridgehead atoms. The van der Waals surface area contributed by atoms with Crippen LogP contribution in [0.3, 0.4) is 0 Å². The monoisotopic (exact) mass is 328 g/mol. The van der Waals surface area contributed by atoms with Crippen LogP contribution >= 0.6 is 0 Å². The number of amides is 1. The van der Waals surface area contributed by atoms with Crippen LogP contribution in [0, 0.1) is 17.8 Å². The van der Waals surface area contributed by atoms with Gasteiger partial charge in [-0.1, -0.05) is 26.7 Å². The zero-order valence-corrected chi connectivity index (χ0v) is 13.9. The van der Waals surface area contributed by atoms with E-state index in [1.807, 2.05) is 13.8 Å². The summed E-state index contributed by atoms with van der Waals surface area (Å²) in [7, 11) is 0. The Hall–Kier alpha value is -1.67. The van der Waals surface area contributed by atoms with E-state index < -0.39 is 30.0 Å². The van der Waals surface area contributed by atoms with E-state index in [0.717, 1.165) is 12.8 Å². The first-order valence-electron chi connectivity index (χ1n) is 8.03. The molecule has 0 aromatic heterocycles. The second-order valence-corrected chi connectivity index (χ2v) is 6.06. The summed E-state index contributed by atoms with van der Waals surface area (Å²) >= 11 is 0. The number of carboxylic acids is 1. The molecule has 0 aromatic carbocycles. The topological polar surface area (TPSA) is 137 Å². The van der Waals surface area contributed by atoms with E-state index in [2.05, 4.69) is 15.7 Å². The Balaban J connectivity index is 3.17. The van der Waals surface area contributed by atoms with E-state index in [9.17, 15) is 19.8 Å². The van der Waals surface area contributed by atoms with Gasteiger partial charge in [-0.3, -0.25) is 14.6 Å². The lowest BCUT2D eigenvalue weighted by Crippen LogP contribution is -2.50. The highest BCUT2D eigenvalue weighted by Crippen LogP contribution is 2.39. The van der Waals surface area contributed by atoms with Gasteiger partial charge in [0.25, 0.3) is 0 Å². The molecule has 1 aliphatic rings. The Morgan fingerprint density at radius 2 is 2.00 bits per heavy atom. The lowest BCUT2D eigenvalue weighted by molar-refractivity contribution is -0.145. The number of carboxylic acid groups (broad SMARTS) is 1. The van der Waals surface area contributed by atoms with Crippen molar-refractivity contribution in [3.05, 3.63) is 0 Å². The number of hydrogen-bond acceptors (Lipinski definition) is 5. The average molecular weight is 328 g/mol. The fourth-order valence-electron chi connectivity index (χ4n) is 3.61. The van der Waals surface area contributed by atoms with Gasteiger partial charge >= 0.3 is 5.97 Å². The number of aliphatic imine (C=N–C) groups is 1. The first-order valence-corrected chi connectivity index (χ1v) is 8.03. The van der Waals surface area contributed by atoms with Crippen molar-refractivity contribution in [3.63, 3.8) is 0 Å². The van der Waals surface area contributed by atoms with Crippen LogP contribution in [0.4, 0.5) is 0 Å². The van der Waals surface area contributed by atoms with Crippen LogP contribution in [-0.4, -0.2) is 46.6 Å². The molecule has 1 saturated carbocycles. The van der Waals surface area contributed by atoms with E-state index >= 15 is 0 Å². The SMILES string of the molecule is CCC(CC)[C@H](NC(C)=O)[C@H]1[C@@H](O)[C@H](C(=O)O)C[C@@H]1N=CNN. The van der Waals surface area contributed by atoms with Crippen molar-refractivity contribution in [3.8, 4) is 0 Å². The lowest BCUT2D eigenvalue weighted by atomic mass is 9.80. The van der Waals surface area contributed by atoms with Crippen molar-refractivity contribution in [1.29, 1.82) is 0 Å². The second-order valence-electron chi connectivity index (χ2n) is 6.06. The fourth-order valence-corrected chi connectivity index (χ4v) is 3.61. The minimum Gasteiger partial charge on any atom is -0.481 e. The molecule has 0 saturated heterocycles. The highest BCUT2D eigenvalue weighted by Gasteiger charge is 2.50. The van der Waals surface area contributed by atoms with Gasteiger partial charge in [0.05, 0.1) is 24.4 Å². The summed E-state index contributed by atoms with van der Waals surface area (Å²) in [6.07, 6.45) is 2.08. The molecule has 0 unspecified atom stereocenters. The molecular formula is C15H28N4O4. The number of carbonyl (C=O) groups is 2. The maximum Gasteiger partial charge on any atom is 0.309 e. The first-order chi connectivity index (χ1) is 10.9. The van der Waals surface area contributed by atoms with Gasteiger partial charge in [0.1, 0.15) is 0 Å². The molecular weight excluding hydrogens is 300 g/mol. The van der Waals surface area contributed by atoms with Crippen LogP contribution in [0.5, 0.6) is 0 Å². The Kier molecular flexibility index (Phi) is 7.44. The van der Waals surface area contributed by atoms with Crippen LogP contribution in [0.15, 0.2) is 4.99 Å². The van der Waals surface area contributed by atoms with Crippen molar-refractivity contribution in [2.24, 2.45) is 28.6 Å². The molecule has 23 heavy (non-hydrogen) atoms. The van der Waals surface area contributed by atoms with E-state index in [1.165, 1.54) is 13.3 Å². The van der Waals surface area contributed by atoms with Crippen LogP contribution in [0.1, 0.15) is 40.0 Å². The van der Waals surface area contributed by atoms with Crippen LogP contribution < -0.4 is 16.6 Å². The lowest BCUT2D eigenvalue weighted by Gasteiger charge is -2.35. The van der Waals surface area contributed by atoms with E-state index in [4.69, 9.17) is 5.84 Å². The smallest absolute Gasteiger partial charge is 0.309 e. The predicted octanol–water partition coefficient (Wildman–Crippen LogP) is -0.131. The Bertz CT molecular complexity index is 439. The predicted molar refractivity (Wildman–Crippen MR) is 86.5 cm³/mol. The molecule has 0 aliphatic heterocycles. The van der Waals surface area contributed by atoms with Crippen LogP contribution in [0.25, 0.3) is 0 Å². The Morgan fingerprint density at radius 1 is 1.39 bits per heavy atom. The van der Waals surface area contributed by atoms with Gasteiger partial charge in [-0.15, -0.1) is 0 Å². The molecule has 1 amide bonds. The average Bonchev–Trinajstić information content (AvgIpc) is 2.81. The molecule has 1 aliphatic carbocycles. The summed E-state index contributed by atoms with van der Waals surface area (Å²) in [6.45, 7) is 5.45. The zero-order chi connectivity index (χ0) is 17.6. The largest absolute Gasteiger partial charge is 0.481 e. The van der Waals surface area contributed by atoms with Gasteiger partial charge in [-0.2, -0.15) is 0 Å². The first kappa shape index (κ1) is 19.4. The third kappa shape index (κ3) is 4.65. The fraction of sp³-hybridized carbons (Fsp3) is 0.800. The number of hydrogen-bond donors (Lipinski definition) is 5. The summed E-state index contributed by atoms with van der Waals surface area (Å²) in [5.41, 5.74) is 2.30. The van der Waals surface area contributed by atoms with Gasteiger partial charge < -0.3 is 21.0 Å². The summed E-state index contributed by atoms with van der Waals surface area (Å²) in [5.74, 6) is 2.72. The third-order valence-corrected chi connectivity index (χ3v) is 4.75. The molecule has 0 heterocycles. The summed E-state index contributed by atoms with van der Waals surface area (Å²) in [6, 6.07) is -0.749. The Labute approximate surface area is 136 Å². The minimum atomic E-state index is -1.06. The molecule has 6 N–H and O–H groups in total. The highest BCUT2D eigenvalue weighted by atomic mass is 16.4. The number of nitrogens with two attached hydrogens (primary N) is 1. The zero-order valence-electron chi connectivity index (χ0n) is 13.9. The van der Waals surface area contributed by atoms with Crippen molar-refractivity contribution < 1.29 is 19.8 Å². The molecule has 0 radical (unpaired) electrons. The van der Waals surface area contributed by atoms with Gasteiger partial charge in [-0.05, 0) is 12.3 Å². The standard InChI is InChI=1S/C15H28N4O4/c1-4-9(5-2)13(19-8(3)20)12-11(17-7-18-16)6-10(14(12)21)15(22)23/h7,9-14,21H,4-6,16H2,1-3H3,(H,17,18)(H,19,20)(H,22,23)/t10-,11+,12+,13+,14+/m1/s1. The van der Waals surface area contributed by atoms with E-state index in [1.54, 1.807) is 0 Å². The van der Waals surface area contributed by atoms with E-state index in [0.29, 0.717) is 0 Å². The highest BCUT2D eigenvalue weighted by molar-refractivity contribution is 5.74. The molecule has 0 spiro atoms. The number of aliphatic hydroxyl groups is 1. The molecule has 1 rings (SSSR count). The van der Waals surface area contributed by atoms with Crippen molar-refractivity contribution >= 4 is 18.2 Å². The van der Waals surface area contributed by atoms with E-state index in [-0.39, 0.29) is 24.3 Å².